The van der Waals surface area contributed by atoms with Crippen LogP contribution in [0.3, 0.4) is 0 Å². The topological polar surface area (TPSA) is 36.4 Å². The zero-order valence-electron chi connectivity index (χ0n) is 10.1. The average molecular weight is 260 g/mol. The third-order valence-corrected chi connectivity index (χ3v) is 3.30. The Morgan fingerprint density at radius 1 is 1.28 bits per heavy atom. The molecule has 6 heteroatoms. The van der Waals surface area contributed by atoms with E-state index in [1.807, 2.05) is 0 Å². The van der Waals surface area contributed by atoms with Crippen molar-refractivity contribution in [1.82, 2.24) is 4.98 Å². The first-order chi connectivity index (χ1) is 8.41. The summed E-state index contributed by atoms with van der Waals surface area (Å²) < 4.78 is 39.2. The Labute approximate surface area is 103 Å². The number of hydrogen-bond acceptors (Lipinski definition) is 3. The number of pyridine rings is 1. The number of anilines is 1. The molecule has 2 rings (SSSR count). The third-order valence-electron chi connectivity index (χ3n) is 3.30. The molecule has 1 fully saturated rings. The quantitative estimate of drug-likeness (QED) is 0.847. The van der Waals surface area contributed by atoms with Crippen LogP contribution in [0.5, 0.6) is 0 Å². The molecule has 0 aliphatic heterocycles. The molecule has 0 saturated heterocycles. The molecule has 0 unspecified atom stereocenters. The van der Waals surface area contributed by atoms with E-state index in [1.165, 1.54) is 11.9 Å². The lowest BCUT2D eigenvalue weighted by Crippen LogP contribution is -2.40. The SMILES string of the molecule is CN(CC1(O)CCCC1)c1nc(F)c(F)cc1F. The first-order valence-electron chi connectivity index (χ1n) is 5.86. The van der Waals surface area contributed by atoms with Gasteiger partial charge >= 0.3 is 0 Å². The highest BCUT2D eigenvalue weighted by atomic mass is 19.2. The minimum atomic E-state index is -1.34. The van der Waals surface area contributed by atoms with Crippen LogP contribution in [0.25, 0.3) is 0 Å². The van der Waals surface area contributed by atoms with E-state index in [0.29, 0.717) is 18.9 Å². The molecule has 0 amide bonds. The molecule has 1 aromatic heterocycles. The maximum Gasteiger partial charge on any atom is 0.251 e. The predicted octanol–water partition coefficient (Wildman–Crippen LogP) is 2.24. The molecular formula is C12H15F3N2O. The van der Waals surface area contributed by atoms with Crippen LogP contribution in [-0.2, 0) is 0 Å². The minimum absolute atomic E-state index is 0.155. The number of nitrogens with zero attached hydrogens (tertiary/aromatic N) is 2. The molecule has 0 spiro atoms. The average Bonchev–Trinajstić information content (AvgIpc) is 2.70. The van der Waals surface area contributed by atoms with Crippen LogP contribution in [-0.4, -0.2) is 29.3 Å². The molecular weight excluding hydrogens is 245 g/mol. The molecule has 0 aromatic carbocycles. The lowest BCUT2D eigenvalue weighted by atomic mass is 10.0. The van der Waals surface area contributed by atoms with Crippen LogP contribution >= 0.6 is 0 Å². The second kappa shape index (κ2) is 4.76. The number of hydrogen-bond donors (Lipinski definition) is 1. The Morgan fingerprint density at radius 3 is 2.50 bits per heavy atom. The van der Waals surface area contributed by atoms with Crippen molar-refractivity contribution < 1.29 is 18.3 Å². The molecule has 0 radical (unpaired) electrons. The molecule has 0 atom stereocenters. The van der Waals surface area contributed by atoms with Crippen molar-refractivity contribution in [2.45, 2.75) is 31.3 Å². The van der Waals surface area contributed by atoms with Gasteiger partial charge in [-0.1, -0.05) is 12.8 Å². The summed E-state index contributed by atoms with van der Waals surface area (Å²) in [5.74, 6) is -3.87. The summed E-state index contributed by atoms with van der Waals surface area (Å²) in [6.07, 6.45) is 3.08. The van der Waals surface area contributed by atoms with E-state index in [4.69, 9.17) is 0 Å². The van der Waals surface area contributed by atoms with Crippen molar-refractivity contribution >= 4 is 5.82 Å². The van der Waals surface area contributed by atoms with Crippen molar-refractivity contribution in [1.29, 1.82) is 0 Å². The first kappa shape index (κ1) is 13.1. The van der Waals surface area contributed by atoms with Gasteiger partial charge in [0, 0.05) is 19.7 Å². The van der Waals surface area contributed by atoms with E-state index in [1.54, 1.807) is 0 Å². The summed E-state index contributed by atoms with van der Waals surface area (Å²) in [4.78, 5) is 4.57. The fourth-order valence-electron chi connectivity index (χ4n) is 2.41. The largest absolute Gasteiger partial charge is 0.388 e. The van der Waals surface area contributed by atoms with Gasteiger partial charge in [-0.2, -0.15) is 9.37 Å². The molecule has 0 bridgehead atoms. The number of aliphatic hydroxyl groups is 1. The zero-order chi connectivity index (χ0) is 13.3. The fourth-order valence-corrected chi connectivity index (χ4v) is 2.41. The number of likely N-dealkylation sites (N-methyl/N-ethyl adjacent to an activating group) is 1. The van der Waals surface area contributed by atoms with Gasteiger partial charge in [0.1, 0.15) is 0 Å². The van der Waals surface area contributed by atoms with Gasteiger partial charge in [0.2, 0.25) is 0 Å². The van der Waals surface area contributed by atoms with E-state index in [-0.39, 0.29) is 12.4 Å². The van der Waals surface area contributed by atoms with Crippen LogP contribution in [0.2, 0.25) is 0 Å². The van der Waals surface area contributed by atoms with Gasteiger partial charge in [-0.25, -0.2) is 8.78 Å². The predicted molar refractivity (Wildman–Crippen MR) is 60.8 cm³/mol. The van der Waals surface area contributed by atoms with Crippen LogP contribution in [0.1, 0.15) is 25.7 Å². The summed E-state index contributed by atoms with van der Waals surface area (Å²) in [5.41, 5.74) is -0.895. The van der Waals surface area contributed by atoms with Crippen molar-refractivity contribution in [3.63, 3.8) is 0 Å². The van der Waals surface area contributed by atoms with Gasteiger partial charge in [0.25, 0.3) is 5.95 Å². The van der Waals surface area contributed by atoms with Gasteiger partial charge in [0.05, 0.1) is 5.60 Å². The lowest BCUT2D eigenvalue weighted by molar-refractivity contribution is 0.0556. The Kier molecular flexibility index (Phi) is 3.47. The first-order valence-corrected chi connectivity index (χ1v) is 5.86. The molecule has 1 aliphatic carbocycles. The van der Waals surface area contributed by atoms with Crippen LogP contribution in [0, 0.1) is 17.6 Å². The summed E-state index contributed by atoms with van der Waals surface area (Å²) in [6, 6.07) is 0.465. The molecule has 1 aromatic rings. The lowest BCUT2D eigenvalue weighted by Gasteiger charge is -2.29. The highest BCUT2D eigenvalue weighted by molar-refractivity contribution is 5.39. The van der Waals surface area contributed by atoms with Crippen molar-refractivity contribution in [2.75, 3.05) is 18.5 Å². The van der Waals surface area contributed by atoms with E-state index in [2.05, 4.69) is 4.98 Å². The minimum Gasteiger partial charge on any atom is -0.388 e. The number of halogens is 3. The van der Waals surface area contributed by atoms with Crippen molar-refractivity contribution in [2.24, 2.45) is 0 Å². The Morgan fingerprint density at radius 2 is 1.89 bits per heavy atom. The van der Waals surface area contributed by atoms with Crippen molar-refractivity contribution in [3.05, 3.63) is 23.6 Å². The van der Waals surface area contributed by atoms with E-state index in [9.17, 15) is 18.3 Å². The Balaban J connectivity index is 2.18. The molecule has 1 aliphatic rings. The van der Waals surface area contributed by atoms with Crippen molar-refractivity contribution in [3.8, 4) is 0 Å². The van der Waals surface area contributed by atoms with Gasteiger partial charge < -0.3 is 10.0 Å². The molecule has 18 heavy (non-hydrogen) atoms. The fraction of sp³-hybridized carbons (Fsp3) is 0.583. The monoisotopic (exact) mass is 260 g/mol. The maximum absolute atomic E-state index is 13.5. The van der Waals surface area contributed by atoms with Gasteiger partial charge in [0.15, 0.2) is 17.5 Å². The molecule has 100 valence electrons. The molecule has 1 heterocycles. The van der Waals surface area contributed by atoms with Crippen LogP contribution in [0.15, 0.2) is 6.07 Å². The highest BCUT2D eigenvalue weighted by Crippen LogP contribution is 2.31. The summed E-state index contributed by atoms with van der Waals surface area (Å²) in [7, 11) is 1.50. The van der Waals surface area contributed by atoms with Crippen LogP contribution in [0.4, 0.5) is 19.0 Å². The second-order valence-electron chi connectivity index (χ2n) is 4.85. The van der Waals surface area contributed by atoms with Gasteiger partial charge in [-0.05, 0) is 12.8 Å². The smallest absolute Gasteiger partial charge is 0.251 e. The highest BCUT2D eigenvalue weighted by Gasteiger charge is 2.33. The summed E-state index contributed by atoms with van der Waals surface area (Å²) >= 11 is 0. The van der Waals surface area contributed by atoms with Gasteiger partial charge in [-0.15, -0.1) is 0 Å². The summed E-state index contributed by atoms with van der Waals surface area (Å²) in [6.45, 7) is 0.155. The normalized spacial score (nSPS) is 18.1. The number of aromatic nitrogens is 1. The third kappa shape index (κ3) is 2.58. The number of rotatable bonds is 3. The second-order valence-corrected chi connectivity index (χ2v) is 4.85. The van der Waals surface area contributed by atoms with E-state index in [0.717, 1.165) is 12.8 Å². The Hall–Kier alpha value is -1.30. The standard InChI is InChI=1S/C12H15F3N2O/c1-17(7-12(18)4-2-3-5-12)11-9(14)6-8(13)10(15)16-11/h6,18H,2-5,7H2,1H3. The Bertz CT molecular complexity index is 447. The van der Waals surface area contributed by atoms with E-state index < -0.39 is 23.2 Å². The van der Waals surface area contributed by atoms with Gasteiger partial charge in [-0.3, -0.25) is 0 Å². The molecule has 1 N–H and O–H groups in total. The molecule has 1 saturated carbocycles. The maximum atomic E-state index is 13.5. The molecule has 3 nitrogen and oxygen atoms in total. The van der Waals surface area contributed by atoms with Crippen LogP contribution < -0.4 is 4.90 Å². The zero-order valence-corrected chi connectivity index (χ0v) is 10.1. The van der Waals surface area contributed by atoms with E-state index >= 15 is 0 Å². The summed E-state index contributed by atoms with van der Waals surface area (Å²) in [5, 5.41) is 10.2.